The fraction of sp³-hybridized carbons (Fsp3) is 0.682. The van der Waals surface area contributed by atoms with Crippen LogP contribution in [0.2, 0.25) is 0 Å². The van der Waals surface area contributed by atoms with E-state index in [-0.39, 0.29) is 24.0 Å². The van der Waals surface area contributed by atoms with Crippen LogP contribution in [0.5, 0.6) is 17.2 Å². The summed E-state index contributed by atoms with van der Waals surface area (Å²) in [5.74, 6) is 2.62. The second-order valence-electron chi connectivity index (χ2n) is 7.14. The van der Waals surface area contributed by atoms with Gasteiger partial charge in [0.2, 0.25) is 5.75 Å². The molecule has 0 unspecified atom stereocenters. The first-order valence-corrected chi connectivity index (χ1v) is 10.6. The van der Waals surface area contributed by atoms with E-state index in [1.807, 2.05) is 12.1 Å². The first-order chi connectivity index (χ1) is 14.2. The van der Waals surface area contributed by atoms with Gasteiger partial charge in [0.25, 0.3) is 0 Å². The number of ether oxygens (including phenoxy) is 4. The number of rotatable bonds is 10. The summed E-state index contributed by atoms with van der Waals surface area (Å²) in [4.78, 5) is 4.68. The van der Waals surface area contributed by atoms with Gasteiger partial charge in [0, 0.05) is 13.1 Å². The van der Waals surface area contributed by atoms with Crippen molar-refractivity contribution in [2.45, 2.75) is 58.1 Å². The standard InChI is InChI=1S/C22H37N3O4.HI/c1-5-23-22(24-12-13-29-18-10-8-6-7-9-11-18)25-16-17-14-19(26-2)21(28-4)20(15-17)27-3;/h14-15,18H,5-13,16H2,1-4H3,(H2,23,24,25);1H. The van der Waals surface area contributed by atoms with E-state index in [0.717, 1.165) is 24.6 Å². The first-order valence-electron chi connectivity index (χ1n) is 10.6. The summed E-state index contributed by atoms with van der Waals surface area (Å²) in [6, 6.07) is 3.84. The number of aliphatic imine (C=N–C) groups is 1. The fourth-order valence-electron chi connectivity index (χ4n) is 3.54. The number of hydrogen-bond acceptors (Lipinski definition) is 5. The maximum absolute atomic E-state index is 6.05. The molecule has 0 heterocycles. The van der Waals surface area contributed by atoms with Gasteiger partial charge in [0.05, 0.1) is 40.6 Å². The van der Waals surface area contributed by atoms with E-state index in [2.05, 4.69) is 22.5 Å². The molecule has 1 aliphatic carbocycles. The quantitative estimate of drug-likeness (QED) is 0.154. The van der Waals surface area contributed by atoms with Crippen molar-refractivity contribution in [1.82, 2.24) is 10.6 Å². The molecule has 7 nitrogen and oxygen atoms in total. The molecule has 1 saturated carbocycles. The number of nitrogens with one attached hydrogen (secondary N) is 2. The molecule has 1 aromatic carbocycles. The Morgan fingerprint density at radius 2 is 1.60 bits per heavy atom. The molecule has 1 aromatic rings. The average molecular weight is 535 g/mol. The zero-order chi connectivity index (χ0) is 20.9. The van der Waals surface area contributed by atoms with Crippen LogP contribution in [0.3, 0.4) is 0 Å². The van der Waals surface area contributed by atoms with Crippen LogP contribution in [-0.4, -0.2) is 53.1 Å². The third kappa shape index (κ3) is 8.75. The van der Waals surface area contributed by atoms with E-state index in [1.54, 1.807) is 21.3 Å². The van der Waals surface area contributed by atoms with E-state index in [1.165, 1.54) is 38.5 Å². The van der Waals surface area contributed by atoms with Gasteiger partial charge in [0.1, 0.15) is 0 Å². The van der Waals surface area contributed by atoms with Gasteiger partial charge in [-0.3, -0.25) is 0 Å². The van der Waals surface area contributed by atoms with Crippen molar-refractivity contribution in [3.05, 3.63) is 17.7 Å². The topological polar surface area (TPSA) is 73.3 Å². The Hall–Kier alpha value is -1.42. The molecule has 0 atom stereocenters. The number of halogens is 1. The van der Waals surface area contributed by atoms with Crippen LogP contribution < -0.4 is 24.8 Å². The highest BCUT2D eigenvalue weighted by Gasteiger charge is 2.14. The average Bonchev–Trinajstić information content (AvgIpc) is 3.02. The van der Waals surface area contributed by atoms with Gasteiger partial charge in [-0.15, -0.1) is 24.0 Å². The van der Waals surface area contributed by atoms with Crippen molar-refractivity contribution < 1.29 is 18.9 Å². The zero-order valence-electron chi connectivity index (χ0n) is 18.8. The Morgan fingerprint density at radius 1 is 0.967 bits per heavy atom. The molecule has 0 spiro atoms. The molecule has 0 saturated heterocycles. The lowest BCUT2D eigenvalue weighted by Gasteiger charge is -2.17. The Labute approximate surface area is 198 Å². The normalized spacial score (nSPS) is 15.0. The van der Waals surface area contributed by atoms with Crippen molar-refractivity contribution in [3.8, 4) is 17.2 Å². The number of nitrogens with zero attached hydrogens (tertiary/aromatic N) is 1. The molecule has 2 N–H and O–H groups in total. The molecule has 1 aliphatic rings. The molecule has 2 rings (SSSR count). The minimum Gasteiger partial charge on any atom is -0.493 e. The third-order valence-electron chi connectivity index (χ3n) is 5.04. The van der Waals surface area contributed by atoms with Gasteiger partial charge in [-0.05, 0) is 37.5 Å². The largest absolute Gasteiger partial charge is 0.493 e. The molecule has 1 fully saturated rings. The summed E-state index contributed by atoms with van der Waals surface area (Å²) in [6.45, 7) is 4.77. The van der Waals surface area contributed by atoms with E-state index in [9.17, 15) is 0 Å². The van der Waals surface area contributed by atoms with Gasteiger partial charge >= 0.3 is 0 Å². The smallest absolute Gasteiger partial charge is 0.203 e. The summed E-state index contributed by atoms with van der Waals surface area (Å²) in [6.07, 6.45) is 8.06. The van der Waals surface area contributed by atoms with E-state index >= 15 is 0 Å². The van der Waals surface area contributed by atoms with Gasteiger partial charge in [0.15, 0.2) is 17.5 Å². The second kappa shape index (κ2) is 15.4. The van der Waals surface area contributed by atoms with Crippen LogP contribution in [0.1, 0.15) is 51.0 Å². The summed E-state index contributed by atoms with van der Waals surface area (Å²) in [7, 11) is 4.83. The Balaban J connectivity index is 0.00000450. The lowest BCUT2D eigenvalue weighted by atomic mass is 10.1. The number of guanidine groups is 1. The van der Waals surface area contributed by atoms with E-state index in [4.69, 9.17) is 18.9 Å². The van der Waals surface area contributed by atoms with Crippen LogP contribution >= 0.6 is 24.0 Å². The summed E-state index contributed by atoms with van der Waals surface area (Å²) >= 11 is 0. The van der Waals surface area contributed by atoms with Crippen LogP contribution in [0, 0.1) is 0 Å². The minimum atomic E-state index is 0. The third-order valence-corrected chi connectivity index (χ3v) is 5.04. The highest BCUT2D eigenvalue weighted by atomic mass is 127. The van der Waals surface area contributed by atoms with Crippen LogP contribution in [-0.2, 0) is 11.3 Å². The lowest BCUT2D eigenvalue weighted by molar-refractivity contribution is 0.0468. The molecule has 30 heavy (non-hydrogen) atoms. The highest BCUT2D eigenvalue weighted by Crippen LogP contribution is 2.38. The van der Waals surface area contributed by atoms with Crippen molar-refractivity contribution in [2.24, 2.45) is 4.99 Å². The lowest BCUT2D eigenvalue weighted by Crippen LogP contribution is -2.39. The monoisotopic (exact) mass is 535 g/mol. The Morgan fingerprint density at radius 3 is 2.13 bits per heavy atom. The predicted molar refractivity (Wildman–Crippen MR) is 132 cm³/mol. The molecule has 172 valence electrons. The Bertz CT molecular complexity index is 610. The van der Waals surface area contributed by atoms with Crippen molar-refractivity contribution >= 4 is 29.9 Å². The second-order valence-corrected chi connectivity index (χ2v) is 7.14. The van der Waals surface area contributed by atoms with Gasteiger partial charge in [-0.25, -0.2) is 4.99 Å². The molecule has 0 bridgehead atoms. The fourth-order valence-corrected chi connectivity index (χ4v) is 3.54. The molecule has 0 aromatic heterocycles. The maximum Gasteiger partial charge on any atom is 0.203 e. The SMILES string of the molecule is CCNC(=NCc1cc(OC)c(OC)c(OC)c1)NCCOC1CCCCCC1.I. The predicted octanol–water partition coefficient (Wildman–Crippen LogP) is 4.12. The maximum atomic E-state index is 6.05. The summed E-state index contributed by atoms with van der Waals surface area (Å²) in [5, 5.41) is 6.63. The van der Waals surface area contributed by atoms with Crippen LogP contribution in [0.4, 0.5) is 0 Å². The number of benzene rings is 1. The van der Waals surface area contributed by atoms with Crippen molar-refractivity contribution in [2.75, 3.05) is 41.0 Å². The molecule has 0 aliphatic heterocycles. The van der Waals surface area contributed by atoms with E-state index in [0.29, 0.717) is 36.5 Å². The molecular weight excluding hydrogens is 497 g/mol. The number of methoxy groups -OCH3 is 3. The summed E-state index contributed by atoms with van der Waals surface area (Å²) < 4.78 is 22.3. The van der Waals surface area contributed by atoms with Crippen molar-refractivity contribution in [3.63, 3.8) is 0 Å². The van der Waals surface area contributed by atoms with Gasteiger partial charge in [-0.2, -0.15) is 0 Å². The van der Waals surface area contributed by atoms with E-state index < -0.39 is 0 Å². The van der Waals surface area contributed by atoms with Gasteiger partial charge in [-0.1, -0.05) is 25.7 Å². The molecule has 8 heteroatoms. The first kappa shape index (κ1) is 26.6. The number of hydrogen-bond donors (Lipinski definition) is 2. The summed E-state index contributed by atoms with van der Waals surface area (Å²) in [5.41, 5.74) is 0.978. The van der Waals surface area contributed by atoms with Crippen molar-refractivity contribution in [1.29, 1.82) is 0 Å². The highest BCUT2D eigenvalue weighted by molar-refractivity contribution is 14.0. The molecular formula is C22H38IN3O4. The minimum absolute atomic E-state index is 0. The Kier molecular flexibility index (Phi) is 13.7. The van der Waals surface area contributed by atoms with Crippen LogP contribution in [0.25, 0.3) is 0 Å². The van der Waals surface area contributed by atoms with Crippen LogP contribution in [0.15, 0.2) is 17.1 Å². The molecule has 0 radical (unpaired) electrons. The zero-order valence-corrected chi connectivity index (χ0v) is 21.1. The van der Waals surface area contributed by atoms with Gasteiger partial charge < -0.3 is 29.6 Å². The molecule has 0 amide bonds.